The van der Waals surface area contributed by atoms with Crippen molar-refractivity contribution < 1.29 is 9.63 Å². The molecule has 0 radical (unpaired) electrons. The number of nitrogens with two attached hydrogens (primary N) is 1. The summed E-state index contributed by atoms with van der Waals surface area (Å²) in [5.74, 6) is 0.352. The second-order valence-corrected chi connectivity index (χ2v) is 4.61. The number of amides is 1. The third-order valence-electron chi connectivity index (χ3n) is 2.96. The molecule has 1 aliphatic rings. The van der Waals surface area contributed by atoms with Gasteiger partial charge >= 0.3 is 0 Å². The van der Waals surface area contributed by atoms with Gasteiger partial charge in [-0.2, -0.15) is 5.10 Å². The highest BCUT2D eigenvalue weighted by Gasteiger charge is 2.20. The van der Waals surface area contributed by atoms with Gasteiger partial charge in [-0.25, -0.2) is 4.68 Å². The van der Waals surface area contributed by atoms with Crippen molar-refractivity contribution in [3.05, 3.63) is 11.8 Å². The standard InChI is InChI=1S/C12H19N5O2/c1-3-9-5-10(19-16-9)6-14-12(18)7-17-11(13)4-8(2)15-17/h4,10H,3,5-7,13H2,1-2H3,(H,14,18). The summed E-state index contributed by atoms with van der Waals surface area (Å²) in [5.41, 5.74) is 7.55. The molecule has 1 atom stereocenters. The zero-order chi connectivity index (χ0) is 13.8. The van der Waals surface area contributed by atoms with Crippen molar-refractivity contribution in [2.24, 2.45) is 5.16 Å². The Kier molecular flexibility index (Phi) is 4.03. The topological polar surface area (TPSA) is 94.5 Å². The van der Waals surface area contributed by atoms with E-state index in [9.17, 15) is 4.79 Å². The molecule has 0 aromatic carbocycles. The van der Waals surface area contributed by atoms with E-state index in [-0.39, 0.29) is 18.6 Å². The Bertz CT molecular complexity index is 494. The second kappa shape index (κ2) is 5.73. The molecule has 0 aliphatic carbocycles. The molecular weight excluding hydrogens is 246 g/mol. The lowest BCUT2D eigenvalue weighted by molar-refractivity contribution is -0.122. The molecule has 1 amide bonds. The van der Waals surface area contributed by atoms with E-state index in [1.807, 2.05) is 13.8 Å². The zero-order valence-electron chi connectivity index (χ0n) is 11.2. The number of hydrogen-bond donors (Lipinski definition) is 2. The molecule has 1 aromatic heterocycles. The molecule has 0 fully saturated rings. The van der Waals surface area contributed by atoms with E-state index in [1.165, 1.54) is 4.68 Å². The van der Waals surface area contributed by atoms with Crippen LogP contribution >= 0.6 is 0 Å². The molecule has 0 bridgehead atoms. The predicted octanol–water partition coefficient (Wildman–Crippen LogP) is 0.445. The van der Waals surface area contributed by atoms with Gasteiger partial charge < -0.3 is 15.9 Å². The smallest absolute Gasteiger partial charge is 0.241 e. The Morgan fingerprint density at radius 1 is 1.68 bits per heavy atom. The van der Waals surface area contributed by atoms with Crippen LogP contribution in [0.1, 0.15) is 25.5 Å². The number of nitrogen functional groups attached to an aromatic ring is 1. The summed E-state index contributed by atoms with van der Waals surface area (Å²) in [4.78, 5) is 17.0. The Balaban J connectivity index is 1.75. The van der Waals surface area contributed by atoms with Gasteiger partial charge in [-0.1, -0.05) is 12.1 Å². The van der Waals surface area contributed by atoms with E-state index in [2.05, 4.69) is 15.6 Å². The van der Waals surface area contributed by atoms with Crippen LogP contribution in [0.3, 0.4) is 0 Å². The molecule has 7 nitrogen and oxygen atoms in total. The number of rotatable bonds is 5. The van der Waals surface area contributed by atoms with Gasteiger partial charge in [-0.05, 0) is 13.3 Å². The Morgan fingerprint density at radius 2 is 2.47 bits per heavy atom. The van der Waals surface area contributed by atoms with Crippen molar-refractivity contribution in [3.63, 3.8) is 0 Å². The molecule has 1 aliphatic heterocycles. The number of carbonyl (C=O) groups excluding carboxylic acids is 1. The molecule has 19 heavy (non-hydrogen) atoms. The minimum Gasteiger partial charge on any atom is -0.390 e. The van der Waals surface area contributed by atoms with Crippen LogP contribution in [0.25, 0.3) is 0 Å². The molecule has 2 rings (SSSR count). The van der Waals surface area contributed by atoms with Gasteiger partial charge in [-0.3, -0.25) is 4.79 Å². The van der Waals surface area contributed by atoms with Crippen LogP contribution < -0.4 is 11.1 Å². The number of carbonyl (C=O) groups is 1. The van der Waals surface area contributed by atoms with Crippen LogP contribution in [-0.2, 0) is 16.2 Å². The Hall–Kier alpha value is -2.05. The fourth-order valence-corrected chi connectivity index (χ4v) is 1.92. The highest BCUT2D eigenvalue weighted by molar-refractivity contribution is 5.85. The van der Waals surface area contributed by atoms with Gasteiger partial charge in [0.15, 0.2) is 0 Å². The van der Waals surface area contributed by atoms with Gasteiger partial charge in [0.1, 0.15) is 18.5 Å². The Morgan fingerprint density at radius 3 is 3.05 bits per heavy atom. The summed E-state index contributed by atoms with van der Waals surface area (Å²) < 4.78 is 1.48. The minimum absolute atomic E-state index is 0.0596. The highest BCUT2D eigenvalue weighted by atomic mass is 16.6. The summed E-state index contributed by atoms with van der Waals surface area (Å²) in [6.07, 6.45) is 1.60. The number of anilines is 1. The largest absolute Gasteiger partial charge is 0.390 e. The lowest BCUT2D eigenvalue weighted by Gasteiger charge is -2.10. The first-order valence-corrected chi connectivity index (χ1v) is 6.36. The van der Waals surface area contributed by atoms with E-state index < -0.39 is 0 Å². The van der Waals surface area contributed by atoms with Crippen molar-refractivity contribution in [2.75, 3.05) is 12.3 Å². The summed E-state index contributed by atoms with van der Waals surface area (Å²) >= 11 is 0. The van der Waals surface area contributed by atoms with Crippen molar-refractivity contribution in [3.8, 4) is 0 Å². The molecule has 1 unspecified atom stereocenters. The summed E-state index contributed by atoms with van der Waals surface area (Å²) in [6.45, 7) is 4.44. The Labute approximate surface area is 111 Å². The molecule has 7 heteroatoms. The number of aryl methyl sites for hydroxylation is 1. The van der Waals surface area contributed by atoms with E-state index >= 15 is 0 Å². The summed E-state index contributed by atoms with van der Waals surface area (Å²) in [5, 5.41) is 10.9. The molecule has 3 N–H and O–H groups in total. The quantitative estimate of drug-likeness (QED) is 0.808. The third kappa shape index (κ3) is 3.46. The maximum Gasteiger partial charge on any atom is 0.241 e. The normalized spacial score (nSPS) is 18.0. The number of nitrogens with one attached hydrogen (secondary N) is 1. The number of hydrogen-bond acceptors (Lipinski definition) is 5. The summed E-state index contributed by atoms with van der Waals surface area (Å²) in [7, 11) is 0. The maximum absolute atomic E-state index is 11.8. The first-order chi connectivity index (χ1) is 9.08. The molecule has 0 spiro atoms. The SMILES string of the molecule is CCC1=NOC(CNC(=O)Cn2nc(C)cc2N)C1. The lowest BCUT2D eigenvalue weighted by Crippen LogP contribution is -2.35. The molecule has 0 saturated carbocycles. The van der Waals surface area contributed by atoms with Crippen molar-refractivity contribution >= 4 is 17.4 Å². The van der Waals surface area contributed by atoms with Crippen LogP contribution in [0.15, 0.2) is 11.2 Å². The zero-order valence-corrected chi connectivity index (χ0v) is 11.2. The van der Waals surface area contributed by atoms with Crippen LogP contribution in [-0.4, -0.2) is 34.0 Å². The minimum atomic E-state index is -0.136. The average Bonchev–Trinajstić information content (AvgIpc) is 2.94. The summed E-state index contributed by atoms with van der Waals surface area (Å²) in [6, 6.07) is 1.73. The van der Waals surface area contributed by atoms with E-state index in [1.54, 1.807) is 6.07 Å². The molecule has 2 heterocycles. The van der Waals surface area contributed by atoms with Gasteiger partial charge in [0.25, 0.3) is 0 Å². The second-order valence-electron chi connectivity index (χ2n) is 4.61. The average molecular weight is 265 g/mol. The van der Waals surface area contributed by atoms with Crippen LogP contribution in [0.5, 0.6) is 0 Å². The lowest BCUT2D eigenvalue weighted by atomic mass is 10.1. The molecular formula is C12H19N5O2. The number of nitrogens with zero attached hydrogens (tertiary/aromatic N) is 3. The van der Waals surface area contributed by atoms with Crippen molar-refractivity contribution in [1.82, 2.24) is 15.1 Å². The van der Waals surface area contributed by atoms with Crippen molar-refractivity contribution in [2.45, 2.75) is 39.3 Å². The van der Waals surface area contributed by atoms with Crippen molar-refractivity contribution in [1.29, 1.82) is 0 Å². The monoisotopic (exact) mass is 265 g/mol. The van der Waals surface area contributed by atoms with Crippen LogP contribution in [0.2, 0.25) is 0 Å². The fourth-order valence-electron chi connectivity index (χ4n) is 1.92. The molecule has 0 saturated heterocycles. The predicted molar refractivity (Wildman–Crippen MR) is 71.6 cm³/mol. The van der Waals surface area contributed by atoms with E-state index in [0.717, 1.165) is 24.2 Å². The van der Waals surface area contributed by atoms with E-state index in [4.69, 9.17) is 10.6 Å². The van der Waals surface area contributed by atoms with Gasteiger partial charge in [0.2, 0.25) is 5.91 Å². The first-order valence-electron chi connectivity index (χ1n) is 6.36. The third-order valence-corrected chi connectivity index (χ3v) is 2.96. The number of oxime groups is 1. The first kappa shape index (κ1) is 13.4. The van der Waals surface area contributed by atoms with E-state index in [0.29, 0.717) is 12.4 Å². The van der Waals surface area contributed by atoms with Gasteiger partial charge in [-0.15, -0.1) is 0 Å². The van der Waals surface area contributed by atoms with Gasteiger partial charge in [0, 0.05) is 12.5 Å². The molecule has 1 aromatic rings. The fraction of sp³-hybridized carbons (Fsp3) is 0.583. The van der Waals surface area contributed by atoms with Crippen LogP contribution in [0, 0.1) is 6.92 Å². The number of aromatic nitrogens is 2. The van der Waals surface area contributed by atoms with Crippen LogP contribution in [0.4, 0.5) is 5.82 Å². The maximum atomic E-state index is 11.8. The molecule has 104 valence electrons. The van der Waals surface area contributed by atoms with Gasteiger partial charge in [0.05, 0.1) is 18.0 Å². The highest BCUT2D eigenvalue weighted by Crippen LogP contribution is 2.11.